The molecule has 5 heteroatoms. The maximum absolute atomic E-state index is 11.9. The summed E-state index contributed by atoms with van der Waals surface area (Å²) in [6, 6.07) is 11.1. The lowest BCUT2D eigenvalue weighted by molar-refractivity contribution is -0.160. The van der Waals surface area contributed by atoms with E-state index in [0.717, 1.165) is 31.7 Å². The summed E-state index contributed by atoms with van der Waals surface area (Å²) in [6.07, 6.45) is 2.06. The molecule has 0 aromatic heterocycles. The van der Waals surface area contributed by atoms with Crippen LogP contribution in [0.5, 0.6) is 5.75 Å². The lowest BCUT2D eigenvalue weighted by Crippen LogP contribution is -2.33. The number of hydrogen-bond acceptors (Lipinski definition) is 5. The highest BCUT2D eigenvalue weighted by Crippen LogP contribution is 2.48. The first-order chi connectivity index (χ1) is 16.0. The Morgan fingerprint density at radius 3 is 2.41 bits per heavy atom. The van der Waals surface area contributed by atoms with Crippen LogP contribution in [0, 0.1) is 0 Å². The zero-order valence-electron chi connectivity index (χ0n) is 21.1. The van der Waals surface area contributed by atoms with E-state index in [1.54, 1.807) is 0 Å². The Morgan fingerprint density at radius 2 is 1.79 bits per heavy atom. The number of aliphatic hydroxyl groups excluding tert-OH is 1. The van der Waals surface area contributed by atoms with Crippen LogP contribution in [-0.2, 0) is 40.9 Å². The van der Waals surface area contributed by atoms with Gasteiger partial charge in [0.1, 0.15) is 17.5 Å². The van der Waals surface area contributed by atoms with Crippen LogP contribution < -0.4 is 9.64 Å². The third kappa shape index (κ3) is 4.43. The normalized spacial score (nSPS) is 23.4. The number of nitrogens with zero attached hydrogens (tertiary/aromatic N) is 1. The molecule has 0 aliphatic carbocycles. The fraction of sp³-hybridized carbons (Fsp3) is 0.552. The van der Waals surface area contributed by atoms with Gasteiger partial charge in [-0.1, -0.05) is 45.0 Å². The van der Waals surface area contributed by atoms with Gasteiger partial charge in [-0.25, -0.2) is 0 Å². The second-order valence-electron chi connectivity index (χ2n) is 11.9. The van der Waals surface area contributed by atoms with E-state index < -0.39 is 6.10 Å². The summed E-state index contributed by atoms with van der Waals surface area (Å²) in [5.41, 5.74) is 7.56. The van der Waals surface area contributed by atoms with Crippen LogP contribution in [0.25, 0.3) is 0 Å². The zero-order chi connectivity index (χ0) is 24.3. The van der Waals surface area contributed by atoms with Crippen molar-refractivity contribution in [2.24, 2.45) is 0 Å². The zero-order valence-corrected chi connectivity index (χ0v) is 21.1. The lowest BCUT2D eigenvalue weighted by Gasteiger charge is -2.33. The summed E-state index contributed by atoms with van der Waals surface area (Å²) in [4.78, 5) is 14.4. The number of benzene rings is 2. The molecule has 5 rings (SSSR count). The molecule has 0 bridgehead atoms. The Balaban J connectivity index is 1.56. The van der Waals surface area contributed by atoms with Crippen LogP contribution in [0.3, 0.4) is 0 Å². The second-order valence-corrected chi connectivity index (χ2v) is 11.9. The van der Waals surface area contributed by atoms with Gasteiger partial charge in [0, 0.05) is 42.7 Å². The molecule has 5 nitrogen and oxygen atoms in total. The highest BCUT2D eigenvalue weighted by molar-refractivity contribution is 5.71. The number of anilines is 1. The molecule has 34 heavy (non-hydrogen) atoms. The SMILES string of the molecule is CC1(C)Cc2cc(N3Cc4ccccc4C3)c(C(C)(C)C)c(CC[C@@H]3C[C@@H](O)CC(=O)O3)c2O1. The molecule has 182 valence electrons. The average molecular weight is 464 g/mol. The minimum Gasteiger partial charge on any atom is -0.487 e. The fourth-order valence-corrected chi connectivity index (χ4v) is 5.97. The van der Waals surface area contributed by atoms with E-state index >= 15 is 0 Å². The van der Waals surface area contributed by atoms with Crippen LogP contribution >= 0.6 is 0 Å². The summed E-state index contributed by atoms with van der Waals surface area (Å²) in [5.74, 6) is 0.712. The number of esters is 1. The van der Waals surface area contributed by atoms with Crippen molar-refractivity contribution in [1.82, 2.24) is 0 Å². The molecule has 0 unspecified atom stereocenters. The summed E-state index contributed by atoms with van der Waals surface area (Å²) in [7, 11) is 0. The Morgan fingerprint density at radius 1 is 1.12 bits per heavy atom. The number of aliphatic hydroxyl groups is 1. The summed E-state index contributed by atoms with van der Waals surface area (Å²) >= 11 is 0. The monoisotopic (exact) mass is 463 g/mol. The van der Waals surface area contributed by atoms with Gasteiger partial charge >= 0.3 is 5.97 Å². The number of carbonyl (C=O) groups excluding carboxylic acids is 1. The van der Waals surface area contributed by atoms with Gasteiger partial charge in [-0.3, -0.25) is 4.79 Å². The van der Waals surface area contributed by atoms with Crippen molar-refractivity contribution < 1.29 is 19.4 Å². The van der Waals surface area contributed by atoms with Crippen molar-refractivity contribution in [2.45, 2.75) is 103 Å². The largest absolute Gasteiger partial charge is 0.487 e. The van der Waals surface area contributed by atoms with Crippen molar-refractivity contribution in [1.29, 1.82) is 0 Å². The average Bonchev–Trinajstić information content (AvgIpc) is 3.29. The molecule has 1 saturated heterocycles. The minimum atomic E-state index is -0.608. The number of ether oxygens (including phenoxy) is 2. The van der Waals surface area contributed by atoms with E-state index in [0.29, 0.717) is 12.8 Å². The van der Waals surface area contributed by atoms with Gasteiger partial charge in [0.25, 0.3) is 0 Å². The number of fused-ring (bicyclic) bond motifs is 2. The molecule has 0 radical (unpaired) electrons. The van der Waals surface area contributed by atoms with E-state index in [1.807, 2.05) is 0 Å². The van der Waals surface area contributed by atoms with Crippen molar-refractivity contribution in [3.05, 3.63) is 58.1 Å². The van der Waals surface area contributed by atoms with Gasteiger partial charge in [-0.05, 0) is 54.9 Å². The Bertz CT molecular complexity index is 1090. The number of hydrogen-bond donors (Lipinski definition) is 1. The maximum Gasteiger partial charge on any atom is 0.308 e. The van der Waals surface area contributed by atoms with E-state index in [-0.39, 0.29) is 29.5 Å². The molecule has 2 aromatic rings. The summed E-state index contributed by atoms with van der Waals surface area (Å²) in [6.45, 7) is 12.9. The van der Waals surface area contributed by atoms with E-state index in [1.165, 1.54) is 33.5 Å². The fourth-order valence-electron chi connectivity index (χ4n) is 5.97. The molecular formula is C29H37NO4. The highest BCUT2D eigenvalue weighted by Gasteiger charge is 2.38. The molecule has 0 spiro atoms. The van der Waals surface area contributed by atoms with Crippen LogP contribution in [0.4, 0.5) is 5.69 Å². The van der Waals surface area contributed by atoms with Gasteiger partial charge in [0.2, 0.25) is 0 Å². The smallest absolute Gasteiger partial charge is 0.308 e. The first kappa shape index (κ1) is 23.2. The summed E-state index contributed by atoms with van der Waals surface area (Å²) in [5, 5.41) is 10.1. The van der Waals surface area contributed by atoms with Gasteiger partial charge < -0.3 is 19.5 Å². The molecule has 1 N–H and O–H groups in total. The van der Waals surface area contributed by atoms with Crippen molar-refractivity contribution in [3.8, 4) is 5.75 Å². The van der Waals surface area contributed by atoms with Crippen LogP contribution in [-0.4, -0.2) is 28.9 Å². The van der Waals surface area contributed by atoms with Crippen molar-refractivity contribution in [2.75, 3.05) is 4.90 Å². The maximum atomic E-state index is 11.9. The predicted octanol–water partition coefficient (Wildman–Crippen LogP) is 5.22. The topological polar surface area (TPSA) is 59.0 Å². The molecule has 0 saturated carbocycles. The Labute approximate surface area is 203 Å². The van der Waals surface area contributed by atoms with Gasteiger partial charge in [-0.2, -0.15) is 0 Å². The van der Waals surface area contributed by atoms with E-state index in [4.69, 9.17) is 9.47 Å². The molecule has 3 heterocycles. The van der Waals surface area contributed by atoms with Crippen LogP contribution in [0.1, 0.15) is 81.7 Å². The van der Waals surface area contributed by atoms with Crippen LogP contribution in [0.2, 0.25) is 0 Å². The lowest BCUT2D eigenvalue weighted by atomic mass is 9.79. The van der Waals surface area contributed by atoms with Gasteiger partial charge in [0.15, 0.2) is 0 Å². The number of rotatable bonds is 4. The third-order valence-corrected chi connectivity index (χ3v) is 7.31. The van der Waals surface area contributed by atoms with Crippen LogP contribution in [0.15, 0.2) is 30.3 Å². The quantitative estimate of drug-likeness (QED) is 0.630. The summed E-state index contributed by atoms with van der Waals surface area (Å²) < 4.78 is 12.1. The molecule has 3 aliphatic heterocycles. The Kier molecular flexibility index (Phi) is 5.67. The second kappa shape index (κ2) is 8.30. The van der Waals surface area contributed by atoms with Gasteiger partial charge in [0.05, 0.1) is 12.5 Å². The van der Waals surface area contributed by atoms with Crippen molar-refractivity contribution >= 4 is 11.7 Å². The molecular weight excluding hydrogens is 426 g/mol. The molecule has 0 amide bonds. The molecule has 2 atom stereocenters. The minimum absolute atomic E-state index is 0.0900. The van der Waals surface area contributed by atoms with E-state index in [9.17, 15) is 9.90 Å². The predicted molar refractivity (Wildman–Crippen MR) is 133 cm³/mol. The molecule has 3 aliphatic rings. The standard InChI is InChI=1S/C29H37NO4/c1-28(2,3)26-23(11-10-22-13-21(31)14-25(32)33-22)27-20(15-29(4,5)34-27)12-24(26)30-16-18-8-6-7-9-19(18)17-30/h6-9,12,21-22,31H,10-11,13-17H2,1-5H3/t21-,22-/m1/s1. The van der Waals surface area contributed by atoms with Crippen molar-refractivity contribution in [3.63, 3.8) is 0 Å². The first-order valence-corrected chi connectivity index (χ1v) is 12.6. The molecule has 1 fully saturated rings. The Hall–Kier alpha value is -2.53. The first-order valence-electron chi connectivity index (χ1n) is 12.6. The molecule has 2 aromatic carbocycles. The number of cyclic esters (lactones) is 1. The van der Waals surface area contributed by atoms with Gasteiger partial charge in [-0.15, -0.1) is 0 Å². The highest BCUT2D eigenvalue weighted by atomic mass is 16.5. The van der Waals surface area contributed by atoms with E-state index in [2.05, 4.69) is 69.9 Å². The number of carbonyl (C=O) groups is 1. The third-order valence-electron chi connectivity index (χ3n) is 7.31.